The first-order chi connectivity index (χ1) is 13.3. The number of Topliss-reactive ketones (excluding diaryl/α,β-unsaturated/α-hetero) is 2. The summed E-state index contributed by atoms with van der Waals surface area (Å²) in [4.78, 5) is 36.7. The van der Waals surface area contributed by atoms with Gasteiger partial charge in [-0.05, 0) is 78.2 Å². The second kappa shape index (κ2) is 6.14. The third kappa shape index (κ3) is 2.45. The smallest absolute Gasteiger partial charge is 0.335 e. The lowest BCUT2D eigenvalue weighted by molar-refractivity contribution is -0.146. The van der Waals surface area contributed by atoms with Crippen LogP contribution in [-0.2, 0) is 9.59 Å². The third-order valence-corrected chi connectivity index (χ3v) is 9.37. The quantitative estimate of drug-likeness (QED) is 0.717. The molecule has 0 saturated heterocycles. The van der Waals surface area contributed by atoms with E-state index in [1.807, 2.05) is 6.07 Å². The molecule has 4 nitrogen and oxygen atoms in total. The minimum Gasteiger partial charge on any atom is -0.431 e. The summed E-state index contributed by atoms with van der Waals surface area (Å²) in [5, 5.41) is 0. The topological polar surface area (TPSA) is 64.3 Å². The normalized spacial score (nSPS) is 45.3. The molecule has 0 N–H and O–H groups in total. The summed E-state index contributed by atoms with van der Waals surface area (Å²) >= 11 is 0. The number of rotatable bonds is 1. The SMILES string of the molecule is C[C@]12CCC(=O)C[C@H]1CC[C@@H]1[C@@H]2CC[C@]2(C)[C@@H](c3ccc(=O)oc3)CC(=O)[C@@H]12. The molecule has 4 aliphatic carbocycles. The fourth-order valence-corrected chi connectivity index (χ4v) is 7.91. The van der Waals surface area contributed by atoms with Gasteiger partial charge < -0.3 is 4.42 Å². The van der Waals surface area contributed by atoms with E-state index >= 15 is 0 Å². The van der Waals surface area contributed by atoms with Crippen molar-refractivity contribution in [3.05, 3.63) is 34.4 Å². The summed E-state index contributed by atoms with van der Waals surface area (Å²) in [6.45, 7) is 4.71. The molecule has 28 heavy (non-hydrogen) atoms. The Morgan fingerprint density at radius 2 is 1.79 bits per heavy atom. The molecule has 4 fully saturated rings. The lowest BCUT2D eigenvalue weighted by atomic mass is 9.44. The highest BCUT2D eigenvalue weighted by Gasteiger charge is 2.63. The first-order valence-electron chi connectivity index (χ1n) is 11.0. The zero-order valence-corrected chi connectivity index (χ0v) is 16.9. The van der Waals surface area contributed by atoms with Crippen LogP contribution in [0.15, 0.2) is 27.6 Å². The van der Waals surface area contributed by atoms with Gasteiger partial charge in [0.1, 0.15) is 11.6 Å². The second-order valence-corrected chi connectivity index (χ2v) is 10.4. The summed E-state index contributed by atoms with van der Waals surface area (Å²) in [6.07, 6.45) is 8.99. The molecule has 4 heteroatoms. The Kier molecular flexibility index (Phi) is 4.02. The standard InChI is InChI=1S/C24H30O4/c1-23-9-7-16(25)11-15(23)4-5-17-18(23)8-10-24(2)19(12-20(26)22(17)24)14-3-6-21(27)28-13-14/h3,6,13,15,17-19,22H,4-5,7-12H2,1-2H3/t15-,17-,18+,19-,22-,23+,24-/m1/s1. The van der Waals surface area contributed by atoms with Crippen LogP contribution in [0.1, 0.15) is 76.7 Å². The molecular formula is C24H30O4. The Balaban J connectivity index is 1.48. The van der Waals surface area contributed by atoms with Crippen molar-refractivity contribution >= 4 is 11.6 Å². The zero-order chi connectivity index (χ0) is 19.7. The van der Waals surface area contributed by atoms with Gasteiger partial charge in [0.25, 0.3) is 0 Å². The number of ketones is 2. The van der Waals surface area contributed by atoms with E-state index < -0.39 is 0 Å². The van der Waals surface area contributed by atoms with Gasteiger partial charge in [0.05, 0.1) is 6.26 Å². The van der Waals surface area contributed by atoms with Crippen molar-refractivity contribution in [2.75, 3.05) is 0 Å². The van der Waals surface area contributed by atoms with Crippen LogP contribution in [-0.4, -0.2) is 11.6 Å². The van der Waals surface area contributed by atoms with Crippen LogP contribution in [0.4, 0.5) is 0 Å². The van der Waals surface area contributed by atoms with Gasteiger partial charge in [-0.2, -0.15) is 0 Å². The van der Waals surface area contributed by atoms with Crippen LogP contribution in [0.25, 0.3) is 0 Å². The monoisotopic (exact) mass is 382 g/mol. The summed E-state index contributed by atoms with van der Waals surface area (Å²) in [7, 11) is 0. The van der Waals surface area contributed by atoms with Gasteiger partial charge in [-0.3, -0.25) is 9.59 Å². The van der Waals surface area contributed by atoms with Crippen molar-refractivity contribution in [1.29, 1.82) is 0 Å². The molecule has 1 heterocycles. The number of hydrogen-bond acceptors (Lipinski definition) is 4. The summed E-state index contributed by atoms with van der Waals surface area (Å²) in [5.41, 5.74) is 0.832. The van der Waals surface area contributed by atoms with Crippen molar-refractivity contribution in [3.8, 4) is 0 Å². The van der Waals surface area contributed by atoms with E-state index in [1.54, 1.807) is 6.26 Å². The van der Waals surface area contributed by atoms with Crippen LogP contribution in [0.5, 0.6) is 0 Å². The molecule has 1 aromatic rings. The molecule has 0 aliphatic heterocycles. The third-order valence-electron chi connectivity index (χ3n) is 9.37. The highest BCUT2D eigenvalue weighted by atomic mass is 16.4. The van der Waals surface area contributed by atoms with Crippen LogP contribution < -0.4 is 5.63 Å². The van der Waals surface area contributed by atoms with Crippen molar-refractivity contribution in [1.82, 2.24) is 0 Å². The first-order valence-corrected chi connectivity index (χ1v) is 11.0. The number of fused-ring (bicyclic) bond motifs is 5. The maximum absolute atomic E-state index is 13.3. The van der Waals surface area contributed by atoms with Crippen LogP contribution in [0, 0.1) is 34.5 Å². The summed E-state index contributed by atoms with van der Waals surface area (Å²) in [5.74, 6) is 2.61. The highest BCUT2D eigenvalue weighted by Crippen LogP contribution is 2.67. The molecule has 4 aliphatic rings. The van der Waals surface area contributed by atoms with Gasteiger partial charge in [0.15, 0.2) is 0 Å². The van der Waals surface area contributed by atoms with E-state index in [0.717, 1.165) is 50.5 Å². The van der Waals surface area contributed by atoms with Crippen molar-refractivity contribution < 1.29 is 14.0 Å². The molecule has 0 amide bonds. The fraction of sp³-hybridized carbons (Fsp3) is 0.708. The lowest BCUT2D eigenvalue weighted by Crippen LogP contribution is -2.54. The van der Waals surface area contributed by atoms with Gasteiger partial charge in [0.2, 0.25) is 0 Å². The molecule has 5 rings (SSSR count). The Labute approximate surface area is 166 Å². The molecule has 0 unspecified atom stereocenters. The Morgan fingerprint density at radius 1 is 0.964 bits per heavy atom. The molecule has 1 aromatic heterocycles. The van der Waals surface area contributed by atoms with E-state index in [9.17, 15) is 14.4 Å². The predicted molar refractivity (Wildman–Crippen MR) is 105 cm³/mol. The Bertz CT molecular complexity index is 864. The second-order valence-electron chi connectivity index (χ2n) is 10.4. The first kappa shape index (κ1) is 18.3. The van der Waals surface area contributed by atoms with E-state index in [4.69, 9.17) is 4.42 Å². The Morgan fingerprint density at radius 3 is 2.54 bits per heavy atom. The molecule has 150 valence electrons. The van der Waals surface area contributed by atoms with Crippen LogP contribution in [0.2, 0.25) is 0 Å². The van der Waals surface area contributed by atoms with Crippen molar-refractivity contribution in [3.63, 3.8) is 0 Å². The minimum atomic E-state index is -0.337. The molecule has 4 saturated carbocycles. The van der Waals surface area contributed by atoms with Crippen LogP contribution >= 0.6 is 0 Å². The fourth-order valence-electron chi connectivity index (χ4n) is 7.91. The van der Waals surface area contributed by atoms with E-state index in [-0.39, 0.29) is 28.3 Å². The molecule has 0 bridgehead atoms. The van der Waals surface area contributed by atoms with Gasteiger partial charge in [-0.1, -0.05) is 13.8 Å². The van der Waals surface area contributed by atoms with E-state index in [0.29, 0.717) is 35.7 Å². The van der Waals surface area contributed by atoms with Gasteiger partial charge >= 0.3 is 5.63 Å². The van der Waals surface area contributed by atoms with Gasteiger partial charge in [-0.25, -0.2) is 4.79 Å². The molecule has 0 radical (unpaired) electrons. The van der Waals surface area contributed by atoms with E-state index in [2.05, 4.69) is 13.8 Å². The van der Waals surface area contributed by atoms with E-state index in [1.165, 1.54) is 6.07 Å². The number of carbonyl (C=O) groups is 2. The summed E-state index contributed by atoms with van der Waals surface area (Å²) in [6, 6.07) is 3.34. The average Bonchev–Trinajstić information content (AvgIpc) is 2.94. The molecular weight excluding hydrogens is 352 g/mol. The lowest BCUT2D eigenvalue weighted by Gasteiger charge is -2.59. The van der Waals surface area contributed by atoms with Crippen LogP contribution in [0.3, 0.4) is 0 Å². The van der Waals surface area contributed by atoms with Gasteiger partial charge in [0, 0.05) is 31.2 Å². The summed E-state index contributed by atoms with van der Waals surface area (Å²) < 4.78 is 5.14. The molecule has 0 aromatic carbocycles. The minimum absolute atomic E-state index is 0.0497. The molecule has 0 spiro atoms. The number of hydrogen-bond donors (Lipinski definition) is 0. The molecule has 7 atom stereocenters. The zero-order valence-electron chi connectivity index (χ0n) is 16.9. The maximum Gasteiger partial charge on any atom is 0.335 e. The highest BCUT2D eigenvalue weighted by molar-refractivity contribution is 5.86. The van der Waals surface area contributed by atoms with Crippen molar-refractivity contribution in [2.45, 2.75) is 71.1 Å². The van der Waals surface area contributed by atoms with Gasteiger partial charge in [-0.15, -0.1) is 0 Å². The largest absolute Gasteiger partial charge is 0.431 e. The van der Waals surface area contributed by atoms with Crippen molar-refractivity contribution in [2.24, 2.45) is 34.5 Å². The predicted octanol–water partition coefficient (Wildman–Crippen LogP) is 4.51. The maximum atomic E-state index is 13.3. The Hall–Kier alpha value is -1.71. The number of carbonyl (C=O) groups excluding carboxylic acids is 2. The average molecular weight is 383 g/mol.